The van der Waals surface area contributed by atoms with Gasteiger partial charge in [-0.05, 0) is 18.2 Å². The maximum absolute atomic E-state index is 12.3. The van der Waals surface area contributed by atoms with Crippen molar-refractivity contribution in [3.8, 4) is 5.75 Å². The van der Waals surface area contributed by atoms with Crippen LogP contribution < -0.4 is 10.1 Å². The van der Waals surface area contributed by atoms with Gasteiger partial charge in [0.05, 0.1) is 4.92 Å². The van der Waals surface area contributed by atoms with Crippen molar-refractivity contribution >= 4 is 27.3 Å². The van der Waals surface area contributed by atoms with Gasteiger partial charge in [-0.2, -0.15) is 8.78 Å². The van der Waals surface area contributed by atoms with Crippen LogP contribution in [0.5, 0.6) is 5.75 Å². The van der Waals surface area contributed by atoms with Crippen molar-refractivity contribution in [3.63, 3.8) is 0 Å². The number of alkyl halides is 2. The molecule has 0 amide bonds. The third-order valence-electron chi connectivity index (χ3n) is 2.81. The molecule has 0 saturated heterocycles. The minimum absolute atomic E-state index is 0.0302. The third-order valence-corrected chi connectivity index (χ3v) is 3.31. The quantitative estimate of drug-likeness (QED) is 0.595. The molecule has 0 spiro atoms. The Morgan fingerprint density at radius 2 is 2.00 bits per heavy atom. The number of anilines is 1. The maximum atomic E-state index is 12.3. The van der Waals surface area contributed by atoms with E-state index in [1.807, 2.05) is 0 Å². The van der Waals surface area contributed by atoms with Crippen LogP contribution in [0.1, 0.15) is 5.56 Å². The Hall–Kier alpha value is -2.22. The van der Waals surface area contributed by atoms with Crippen molar-refractivity contribution in [1.82, 2.24) is 0 Å². The van der Waals surface area contributed by atoms with Crippen LogP contribution in [0.4, 0.5) is 20.2 Å². The van der Waals surface area contributed by atoms with Crippen LogP contribution in [0, 0.1) is 10.1 Å². The second-order valence-corrected chi connectivity index (χ2v) is 5.17. The van der Waals surface area contributed by atoms with Gasteiger partial charge >= 0.3 is 6.61 Å². The lowest BCUT2D eigenvalue weighted by atomic mass is 10.2. The molecule has 0 saturated carbocycles. The summed E-state index contributed by atoms with van der Waals surface area (Å²) in [4.78, 5) is 10.5. The summed E-state index contributed by atoms with van der Waals surface area (Å²) in [6.07, 6.45) is 0. The van der Waals surface area contributed by atoms with Crippen molar-refractivity contribution in [2.75, 3.05) is 5.32 Å². The number of ether oxygens (including phenoxy) is 1. The van der Waals surface area contributed by atoms with Crippen molar-refractivity contribution in [3.05, 3.63) is 62.6 Å². The lowest BCUT2D eigenvalue weighted by Gasteiger charge is -2.12. The standard InChI is InChI=1S/C14H11BrF2N2O3/c15-10-5-6-12(19(20)21)11(7-10)18-8-9-3-1-2-4-13(9)22-14(16)17/h1-7,14,18H,8H2. The van der Waals surface area contributed by atoms with Gasteiger partial charge in [-0.15, -0.1) is 0 Å². The summed E-state index contributed by atoms with van der Waals surface area (Å²) < 4.78 is 29.8. The van der Waals surface area contributed by atoms with E-state index in [1.165, 1.54) is 12.1 Å². The molecule has 2 aromatic carbocycles. The number of nitro benzene ring substituents is 1. The predicted molar refractivity (Wildman–Crippen MR) is 81.2 cm³/mol. The number of benzene rings is 2. The average Bonchev–Trinajstić information content (AvgIpc) is 2.45. The zero-order chi connectivity index (χ0) is 16.1. The van der Waals surface area contributed by atoms with Crippen molar-refractivity contribution < 1.29 is 18.4 Å². The molecule has 2 aromatic rings. The summed E-state index contributed by atoms with van der Waals surface area (Å²) in [5.74, 6) is 0.0302. The van der Waals surface area contributed by atoms with Crippen LogP contribution in [0.15, 0.2) is 46.9 Å². The molecule has 2 rings (SSSR count). The molecular formula is C14H11BrF2N2O3. The first kappa shape index (κ1) is 16.2. The fourth-order valence-corrected chi connectivity index (χ4v) is 2.22. The van der Waals surface area contributed by atoms with Gasteiger partial charge in [-0.25, -0.2) is 0 Å². The fraction of sp³-hybridized carbons (Fsp3) is 0.143. The number of halogens is 3. The number of rotatable bonds is 6. The second-order valence-electron chi connectivity index (χ2n) is 4.26. The maximum Gasteiger partial charge on any atom is 0.387 e. The van der Waals surface area contributed by atoms with E-state index in [1.54, 1.807) is 30.3 Å². The van der Waals surface area contributed by atoms with Crippen LogP contribution in [0.2, 0.25) is 0 Å². The topological polar surface area (TPSA) is 64.4 Å². The smallest absolute Gasteiger partial charge is 0.387 e. The first-order chi connectivity index (χ1) is 10.5. The highest BCUT2D eigenvalue weighted by Crippen LogP contribution is 2.29. The number of para-hydroxylation sites is 1. The van der Waals surface area contributed by atoms with Crippen LogP contribution in [0.3, 0.4) is 0 Å². The van der Waals surface area contributed by atoms with E-state index in [0.29, 0.717) is 10.0 Å². The molecule has 0 bridgehead atoms. The molecule has 22 heavy (non-hydrogen) atoms. The van der Waals surface area contributed by atoms with Gasteiger partial charge in [0.15, 0.2) is 0 Å². The van der Waals surface area contributed by atoms with Gasteiger partial charge in [-0.3, -0.25) is 10.1 Å². The zero-order valence-electron chi connectivity index (χ0n) is 11.1. The minimum atomic E-state index is -2.93. The lowest BCUT2D eigenvalue weighted by molar-refractivity contribution is -0.384. The first-order valence-electron chi connectivity index (χ1n) is 6.18. The van der Waals surface area contributed by atoms with E-state index in [4.69, 9.17) is 0 Å². The van der Waals surface area contributed by atoms with Gasteiger partial charge in [0.1, 0.15) is 11.4 Å². The second kappa shape index (κ2) is 7.17. The highest BCUT2D eigenvalue weighted by Gasteiger charge is 2.15. The molecular weight excluding hydrogens is 362 g/mol. The molecule has 0 aliphatic heterocycles. The van der Waals surface area contributed by atoms with Crippen LogP contribution in [0.25, 0.3) is 0 Å². The number of nitrogens with zero attached hydrogens (tertiary/aromatic N) is 1. The normalized spacial score (nSPS) is 10.5. The van der Waals surface area contributed by atoms with E-state index in [-0.39, 0.29) is 23.7 Å². The highest BCUT2D eigenvalue weighted by molar-refractivity contribution is 9.10. The summed E-state index contributed by atoms with van der Waals surface area (Å²) in [6, 6.07) is 10.7. The van der Waals surface area contributed by atoms with E-state index in [0.717, 1.165) is 0 Å². The molecule has 5 nitrogen and oxygen atoms in total. The van der Waals surface area contributed by atoms with Crippen molar-refractivity contribution in [1.29, 1.82) is 0 Å². The zero-order valence-corrected chi connectivity index (χ0v) is 12.7. The Kier molecular flexibility index (Phi) is 5.26. The van der Waals surface area contributed by atoms with E-state index >= 15 is 0 Å². The van der Waals surface area contributed by atoms with Gasteiger partial charge in [0.2, 0.25) is 0 Å². The molecule has 0 heterocycles. The Morgan fingerprint density at radius 1 is 1.27 bits per heavy atom. The first-order valence-corrected chi connectivity index (χ1v) is 6.97. The fourth-order valence-electron chi connectivity index (χ4n) is 1.86. The van der Waals surface area contributed by atoms with Gasteiger partial charge in [0, 0.05) is 22.6 Å². The molecule has 0 aliphatic carbocycles. The Bertz CT molecular complexity index is 683. The molecule has 0 fully saturated rings. The predicted octanol–water partition coefficient (Wildman–Crippen LogP) is 4.57. The molecule has 116 valence electrons. The summed E-state index contributed by atoms with van der Waals surface area (Å²) in [5, 5.41) is 13.9. The lowest BCUT2D eigenvalue weighted by Crippen LogP contribution is -2.08. The van der Waals surface area contributed by atoms with Gasteiger partial charge in [0.25, 0.3) is 5.69 Å². The summed E-state index contributed by atoms with van der Waals surface area (Å²) >= 11 is 3.23. The highest BCUT2D eigenvalue weighted by atomic mass is 79.9. The van der Waals surface area contributed by atoms with Crippen molar-refractivity contribution in [2.24, 2.45) is 0 Å². The average molecular weight is 373 g/mol. The molecule has 0 radical (unpaired) electrons. The molecule has 0 aliphatic rings. The minimum Gasteiger partial charge on any atom is -0.434 e. The molecule has 1 N–H and O–H groups in total. The van der Waals surface area contributed by atoms with E-state index in [9.17, 15) is 18.9 Å². The SMILES string of the molecule is O=[N+]([O-])c1ccc(Br)cc1NCc1ccccc1OC(F)F. The van der Waals surface area contributed by atoms with E-state index in [2.05, 4.69) is 26.0 Å². The summed E-state index contributed by atoms with van der Waals surface area (Å²) in [7, 11) is 0. The summed E-state index contributed by atoms with van der Waals surface area (Å²) in [6.45, 7) is -2.82. The van der Waals surface area contributed by atoms with Crippen molar-refractivity contribution in [2.45, 2.75) is 13.2 Å². The Morgan fingerprint density at radius 3 is 2.68 bits per heavy atom. The molecule has 0 atom stereocenters. The van der Waals surface area contributed by atoms with Crippen LogP contribution in [-0.2, 0) is 6.54 Å². The summed E-state index contributed by atoms with van der Waals surface area (Å²) in [5.41, 5.74) is 0.652. The largest absolute Gasteiger partial charge is 0.434 e. The number of nitrogens with one attached hydrogen (secondary N) is 1. The molecule has 8 heteroatoms. The van der Waals surface area contributed by atoms with Gasteiger partial charge in [-0.1, -0.05) is 34.1 Å². The number of hydrogen-bond acceptors (Lipinski definition) is 4. The van der Waals surface area contributed by atoms with Crippen LogP contribution in [-0.4, -0.2) is 11.5 Å². The van der Waals surface area contributed by atoms with Gasteiger partial charge < -0.3 is 10.1 Å². The number of hydrogen-bond donors (Lipinski definition) is 1. The van der Waals surface area contributed by atoms with E-state index < -0.39 is 11.5 Å². The Balaban J connectivity index is 2.20. The number of nitro groups is 1. The molecule has 0 aromatic heterocycles. The monoisotopic (exact) mass is 372 g/mol. The third kappa shape index (κ3) is 4.14. The van der Waals surface area contributed by atoms with Crippen LogP contribution >= 0.6 is 15.9 Å². The molecule has 0 unspecified atom stereocenters. The Labute approximate surface area is 133 Å².